The molecule has 0 saturated carbocycles. The van der Waals surface area contributed by atoms with Crippen LogP contribution in [0.4, 0.5) is 17.6 Å². The van der Waals surface area contributed by atoms with Gasteiger partial charge in [0, 0.05) is 27.8 Å². The van der Waals surface area contributed by atoms with E-state index in [4.69, 9.17) is 0 Å². The molecule has 0 radical (unpaired) electrons. The fourth-order valence-electron chi connectivity index (χ4n) is 4.56. The number of nitrogens with zero attached hydrogens (tertiary/aromatic N) is 2. The van der Waals surface area contributed by atoms with Crippen LogP contribution in [0.15, 0.2) is 52.2 Å². The highest BCUT2D eigenvalue weighted by molar-refractivity contribution is 7.98. The highest BCUT2D eigenvalue weighted by Crippen LogP contribution is 2.38. The molecule has 0 bridgehead atoms. The third-order valence-corrected chi connectivity index (χ3v) is 7.75. The third-order valence-electron chi connectivity index (χ3n) is 6.58. The lowest BCUT2D eigenvalue weighted by Crippen LogP contribution is -2.55. The Morgan fingerprint density at radius 2 is 1.86 bits per heavy atom. The summed E-state index contributed by atoms with van der Waals surface area (Å²) in [6, 6.07) is 9.63. The summed E-state index contributed by atoms with van der Waals surface area (Å²) < 4.78 is 55.5. The SMILES string of the molecule is Cc1c2n(c(-c3cccc4c3Cc3cc(F)ccc3SC4)cc1=O)NCN([C@H](C)C(F)(F)F)C2=O. The lowest BCUT2D eigenvalue weighted by Gasteiger charge is -2.37. The zero-order valence-corrected chi connectivity index (χ0v) is 19.7. The van der Waals surface area contributed by atoms with Crippen molar-refractivity contribution in [1.29, 1.82) is 0 Å². The summed E-state index contributed by atoms with van der Waals surface area (Å²) in [7, 11) is 0. The average molecular weight is 504 g/mol. The number of halogens is 4. The van der Waals surface area contributed by atoms with Crippen LogP contribution in [0, 0.1) is 12.7 Å². The van der Waals surface area contributed by atoms with E-state index in [1.807, 2.05) is 18.2 Å². The molecule has 0 unspecified atom stereocenters. The summed E-state index contributed by atoms with van der Waals surface area (Å²) in [5.74, 6) is -0.580. The zero-order valence-electron chi connectivity index (χ0n) is 18.9. The Labute approximate surface area is 202 Å². The van der Waals surface area contributed by atoms with Crippen LogP contribution in [0.2, 0.25) is 0 Å². The van der Waals surface area contributed by atoms with E-state index in [-0.39, 0.29) is 23.7 Å². The van der Waals surface area contributed by atoms with Gasteiger partial charge in [-0.05, 0) is 55.2 Å². The molecule has 5 nitrogen and oxygen atoms in total. The van der Waals surface area contributed by atoms with Crippen LogP contribution in [-0.4, -0.2) is 34.4 Å². The molecule has 0 fully saturated rings. The van der Waals surface area contributed by atoms with Gasteiger partial charge in [-0.3, -0.25) is 14.3 Å². The molecule has 2 aromatic carbocycles. The first-order chi connectivity index (χ1) is 16.6. The van der Waals surface area contributed by atoms with Crippen molar-refractivity contribution in [3.05, 3.63) is 86.5 Å². The number of carbonyl (C=O) groups excluding carboxylic acids is 1. The number of hydrogen-bond donors (Lipinski definition) is 1. The number of nitrogens with one attached hydrogen (secondary N) is 1. The van der Waals surface area contributed by atoms with Crippen molar-refractivity contribution in [2.75, 3.05) is 12.1 Å². The number of pyridine rings is 1. The number of alkyl halides is 3. The Morgan fingerprint density at radius 3 is 2.60 bits per heavy atom. The van der Waals surface area contributed by atoms with Gasteiger partial charge in [-0.2, -0.15) is 13.2 Å². The van der Waals surface area contributed by atoms with Gasteiger partial charge in [-0.1, -0.05) is 18.2 Å². The summed E-state index contributed by atoms with van der Waals surface area (Å²) in [6.45, 7) is 1.97. The van der Waals surface area contributed by atoms with Crippen molar-refractivity contribution in [1.82, 2.24) is 9.58 Å². The van der Waals surface area contributed by atoms with Gasteiger partial charge in [-0.25, -0.2) is 4.39 Å². The van der Waals surface area contributed by atoms with E-state index in [9.17, 15) is 27.2 Å². The minimum Gasteiger partial charge on any atom is -0.307 e. The Balaban J connectivity index is 1.67. The molecule has 3 aromatic rings. The Kier molecular flexibility index (Phi) is 5.66. The van der Waals surface area contributed by atoms with Crippen molar-refractivity contribution in [2.24, 2.45) is 0 Å². The van der Waals surface area contributed by atoms with Gasteiger partial charge in [0.15, 0.2) is 5.43 Å². The predicted molar refractivity (Wildman–Crippen MR) is 126 cm³/mol. The maximum atomic E-state index is 14.0. The fourth-order valence-corrected chi connectivity index (χ4v) is 5.62. The topological polar surface area (TPSA) is 54.3 Å². The molecule has 1 amide bonds. The van der Waals surface area contributed by atoms with Crippen LogP contribution < -0.4 is 10.9 Å². The summed E-state index contributed by atoms with van der Waals surface area (Å²) in [5.41, 5.74) is 6.12. The molecular weight excluding hydrogens is 482 g/mol. The molecule has 3 heterocycles. The highest BCUT2D eigenvalue weighted by Gasteiger charge is 2.44. The monoisotopic (exact) mass is 503 g/mol. The van der Waals surface area contributed by atoms with Crippen molar-refractivity contribution in [2.45, 2.75) is 43.1 Å². The lowest BCUT2D eigenvalue weighted by molar-refractivity contribution is -0.172. The van der Waals surface area contributed by atoms with Crippen LogP contribution in [0.3, 0.4) is 0 Å². The summed E-state index contributed by atoms with van der Waals surface area (Å²) in [4.78, 5) is 27.7. The second-order valence-corrected chi connectivity index (χ2v) is 9.69. The third kappa shape index (κ3) is 3.99. The number of hydrogen-bond acceptors (Lipinski definition) is 4. The van der Waals surface area contributed by atoms with Crippen molar-refractivity contribution in [3.8, 4) is 11.3 Å². The number of carbonyl (C=O) groups is 1. The molecule has 5 rings (SSSR count). The van der Waals surface area contributed by atoms with Crippen LogP contribution in [-0.2, 0) is 12.2 Å². The maximum Gasteiger partial charge on any atom is 0.408 e. The molecule has 10 heteroatoms. The molecule has 182 valence electrons. The van der Waals surface area contributed by atoms with Crippen molar-refractivity contribution < 1.29 is 22.4 Å². The van der Waals surface area contributed by atoms with Crippen LogP contribution in [0.25, 0.3) is 11.3 Å². The summed E-state index contributed by atoms with van der Waals surface area (Å²) >= 11 is 1.59. The lowest BCUT2D eigenvalue weighted by atomic mass is 9.93. The highest BCUT2D eigenvalue weighted by atomic mass is 32.2. The first-order valence-corrected chi connectivity index (χ1v) is 12.0. The van der Waals surface area contributed by atoms with E-state index in [0.29, 0.717) is 28.3 Å². The minimum atomic E-state index is -4.61. The molecular formula is C25H21F4N3O2S. The number of aromatic nitrogens is 1. The average Bonchev–Trinajstić information content (AvgIpc) is 2.99. The van der Waals surface area contributed by atoms with Gasteiger partial charge < -0.3 is 10.3 Å². The van der Waals surface area contributed by atoms with E-state index in [0.717, 1.165) is 28.5 Å². The number of fused-ring (bicyclic) bond motifs is 3. The van der Waals surface area contributed by atoms with E-state index in [1.54, 1.807) is 17.8 Å². The molecule has 35 heavy (non-hydrogen) atoms. The van der Waals surface area contributed by atoms with Gasteiger partial charge >= 0.3 is 6.18 Å². The first-order valence-electron chi connectivity index (χ1n) is 11.0. The molecule has 1 N–H and O–H groups in total. The fraction of sp³-hybridized carbons (Fsp3) is 0.280. The number of amides is 1. The van der Waals surface area contributed by atoms with Gasteiger partial charge in [0.2, 0.25) is 0 Å². The van der Waals surface area contributed by atoms with Crippen LogP contribution in [0.1, 0.15) is 39.7 Å². The number of thioether (sulfide) groups is 1. The smallest absolute Gasteiger partial charge is 0.307 e. The van der Waals surface area contributed by atoms with E-state index in [1.165, 1.54) is 29.8 Å². The molecule has 0 aliphatic carbocycles. The Morgan fingerprint density at radius 1 is 1.09 bits per heavy atom. The first kappa shape index (κ1) is 23.5. The second kappa shape index (κ2) is 8.44. The van der Waals surface area contributed by atoms with Crippen LogP contribution >= 0.6 is 11.8 Å². The van der Waals surface area contributed by atoms with E-state index >= 15 is 0 Å². The normalized spacial score (nSPS) is 16.1. The minimum absolute atomic E-state index is 0.0651. The van der Waals surface area contributed by atoms with Crippen LogP contribution in [0.5, 0.6) is 0 Å². The summed E-state index contributed by atoms with van der Waals surface area (Å²) in [6.07, 6.45) is -4.20. The van der Waals surface area contributed by atoms with E-state index in [2.05, 4.69) is 5.43 Å². The summed E-state index contributed by atoms with van der Waals surface area (Å²) in [5, 5.41) is 0. The Hall–Kier alpha value is -3.27. The molecule has 1 atom stereocenters. The molecule has 2 aliphatic rings. The van der Waals surface area contributed by atoms with Gasteiger partial charge in [0.25, 0.3) is 5.91 Å². The van der Waals surface area contributed by atoms with E-state index < -0.39 is 23.6 Å². The number of benzene rings is 2. The van der Waals surface area contributed by atoms with Crippen molar-refractivity contribution in [3.63, 3.8) is 0 Å². The van der Waals surface area contributed by atoms with Crippen molar-refractivity contribution >= 4 is 17.7 Å². The second-order valence-electron chi connectivity index (χ2n) is 8.67. The van der Waals surface area contributed by atoms with Gasteiger partial charge in [0.05, 0.1) is 5.69 Å². The number of rotatable bonds is 2. The largest absolute Gasteiger partial charge is 0.408 e. The standard InChI is InChI=1S/C25H21F4N3O2S/c1-13-21(33)10-20(32-23(13)24(34)31(12-30-32)14(2)25(27,28)29)18-5-3-4-15-11-35-22-7-6-17(26)8-16(22)9-19(15)18/h3-8,10,14,30H,9,11-12H2,1-2H3/t14-/m1/s1. The predicted octanol–water partition coefficient (Wildman–Crippen LogP) is 5.07. The molecule has 0 saturated heterocycles. The molecule has 0 spiro atoms. The molecule has 2 aliphatic heterocycles. The van der Waals surface area contributed by atoms with Gasteiger partial charge in [-0.15, -0.1) is 11.8 Å². The quantitative estimate of drug-likeness (QED) is 0.497. The Bertz CT molecular complexity index is 1420. The maximum absolute atomic E-state index is 14.0. The zero-order chi connectivity index (χ0) is 25.1. The van der Waals surface area contributed by atoms with Gasteiger partial charge in [0.1, 0.15) is 24.2 Å². The molecule has 1 aromatic heterocycles.